The lowest BCUT2D eigenvalue weighted by atomic mass is 9.98. The number of furan rings is 1. The minimum absolute atomic E-state index is 0.00704. The number of ketones is 1. The molecule has 7 heteroatoms. The maximum absolute atomic E-state index is 13.0. The number of amides is 1. The third kappa shape index (κ3) is 3.42. The quantitative estimate of drug-likeness (QED) is 0.435. The van der Waals surface area contributed by atoms with Gasteiger partial charge < -0.3 is 19.2 Å². The number of ether oxygens (including phenoxy) is 1. The topological polar surface area (TPSA) is 80.0 Å². The fourth-order valence-electron chi connectivity index (χ4n) is 4.22. The molecule has 1 atom stereocenters. The number of benzene rings is 1. The van der Waals surface area contributed by atoms with Crippen LogP contribution in [0.3, 0.4) is 0 Å². The van der Waals surface area contributed by atoms with Crippen LogP contribution in [0, 0.1) is 0 Å². The Morgan fingerprint density at radius 3 is 2.69 bits per heavy atom. The predicted molar refractivity (Wildman–Crippen MR) is 108 cm³/mol. The molecule has 1 saturated carbocycles. The highest BCUT2D eigenvalue weighted by atomic mass is 35.5. The molecule has 152 valence electrons. The van der Waals surface area contributed by atoms with Gasteiger partial charge in [-0.3, -0.25) is 9.59 Å². The van der Waals surface area contributed by atoms with Crippen LogP contribution in [-0.4, -0.2) is 34.3 Å². The van der Waals surface area contributed by atoms with Crippen LogP contribution in [0.25, 0.3) is 5.76 Å². The molecule has 1 aromatic carbocycles. The molecule has 4 rings (SSSR count). The maximum atomic E-state index is 13.0. The summed E-state index contributed by atoms with van der Waals surface area (Å²) in [4.78, 5) is 27.5. The van der Waals surface area contributed by atoms with Gasteiger partial charge in [-0.15, -0.1) is 0 Å². The van der Waals surface area contributed by atoms with Crippen molar-refractivity contribution in [2.24, 2.45) is 0 Å². The largest absolute Gasteiger partial charge is 0.507 e. The first-order chi connectivity index (χ1) is 14.0. The molecular weight excluding hydrogens is 394 g/mol. The average molecular weight is 416 g/mol. The number of Topliss-reactive ketones (excluding diaryl/α,β-unsaturated/α-hetero) is 1. The number of hydrogen-bond acceptors (Lipinski definition) is 5. The van der Waals surface area contributed by atoms with Crippen LogP contribution in [0.1, 0.15) is 50.0 Å². The van der Waals surface area contributed by atoms with Gasteiger partial charge in [0.25, 0.3) is 11.7 Å². The number of carbonyl (C=O) groups is 2. The van der Waals surface area contributed by atoms with Gasteiger partial charge in [0, 0.05) is 11.6 Å². The van der Waals surface area contributed by atoms with Gasteiger partial charge in [-0.05, 0) is 50.1 Å². The smallest absolute Gasteiger partial charge is 0.296 e. The molecule has 1 N–H and O–H groups in total. The van der Waals surface area contributed by atoms with Crippen molar-refractivity contribution in [1.29, 1.82) is 0 Å². The van der Waals surface area contributed by atoms with Crippen LogP contribution in [0.15, 0.2) is 46.6 Å². The maximum Gasteiger partial charge on any atom is 0.296 e. The monoisotopic (exact) mass is 415 g/mol. The van der Waals surface area contributed by atoms with Gasteiger partial charge in [-0.25, -0.2) is 0 Å². The highest BCUT2D eigenvalue weighted by molar-refractivity contribution is 6.47. The summed E-state index contributed by atoms with van der Waals surface area (Å²) in [5, 5.41) is 11.4. The number of likely N-dealkylation sites (tertiary alicyclic amines) is 1. The van der Waals surface area contributed by atoms with E-state index in [-0.39, 0.29) is 28.0 Å². The van der Waals surface area contributed by atoms with Crippen LogP contribution in [0.5, 0.6) is 5.75 Å². The Labute approximate surface area is 173 Å². The van der Waals surface area contributed by atoms with Crippen LogP contribution in [0.2, 0.25) is 5.02 Å². The summed E-state index contributed by atoms with van der Waals surface area (Å²) in [6.45, 7) is 2.29. The van der Waals surface area contributed by atoms with Crippen LogP contribution in [-0.2, 0) is 9.59 Å². The van der Waals surface area contributed by atoms with E-state index >= 15 is 0 Å². The fourth-order valence-corrected chi connectivity index (χ4v) is 4.43. The van der Waals surface area contributed by atoms with Crippen molar-refractivity contribution >= 4 is 29.1 Å². The molecule has 1 aliphatic heterocycles. The molecule has 2 aromatic rings. The Bertz CT molecular complexity index is 960. The number of aliphatic hydroxyl groups excluding tert-OH is 1. The third-order valence-corrected chi connectivity index (χ3v) is 5.84. The Hall–Kier alpha value is -2.73. The van der Waals surface area contributed by atoms with Gasteiger partial charge in [0.2, 0.25) is 0 Å². The molecule has 0 radical (unpaired) electrons. The minimum Gasteiger partial charge on any atom is -0.507 e. The van der Waals surface area contributed by atoms with Gasteiger partial charge in [0.1, 0.15) is 23.3 Å². The van der Waals surface area contributed by atoms with Crippen molar-refractivity contribution in [2.75, 3.05) is 6.61 Å². The molecule has 1 aromatic heterocycles. The molecule has 29 heavy (non-hydrogen) atoms. The SMILES string of the molecule is CCOc1ccc(Cl)c(/C(O)=C2/C(=O)C(=O)N(C3CCCC3)C2c2ccco2)c1. The van der Waals surface area contributed by atoms with Crippen molar-refractivity contribution in [3.8, 4) is 5.75 Å². The summed E-state index contributed by atoms with van der Waals surface area (Å²) in [5.74, 6) is -0.713. The van der Waals surface area contributed by atoms with E-state index < -0.39 is 17.7 Å². The molecule has 1 amide bonds. The molecule has 2 fully saturated rings. The molecule has 0 spiro atoms. The van der Waals surface area contributed by atoms with Crippen molar-refractivity contribution in [2.45, 2.75) is 44.7 Å². The third-order valence-electron chi connectivity index (χ3n) is 5.51. The summed E-state index contributed by atoms with van der Waals surface area (Å²) >= 11 is 6.31. The van der Waals surface area contributed by atoms with Crippen molar-refractivity contribution in [1.82, 2.24) is 4.90 Å². The number of halogens is 1. The van der Waals surface area contributed by atoms with E-state index in [2.05, 4.69) is 0 Å². The van der Waals surface area contributed by atoms with Crippen molar-refractivity contribution in [3.05, 3.63) is 58.5 Å². The van der Waals surface area contributed by atoms with Crippen molar-refractivity contribution < 1.29 is 23.8 Å². The zero-order valence-electron chi connectivity index (χ0n) is 16.1. The summed E-state index contributed by atoms with van der Waals surface area (Å²) in [6.07, 6.45) is 5.14. The summed E-state index contributed by atoms with van der Waals surface area (Å²) in [6, 6.07) is 7.43. The summed E-state index contributed by atoms with van der Waals surface area (Å²) in [5.41, 5.74) is 0.242. The molecule has 1 saturated heterocycles. The van der Waals surface area contributed by atoms with Gasteiger partial charge >= 0.3 is 0 Å². The normalized spacial score (nSPS) is 21.9. The highest BCUT2D eigenvalue weighted by Crippen LogP contribution is 2.44. The van der Waals surface area contributed by atoms with E-state index in [1.165, 1.54) is 6.26 Å². The van der Waals surface area contributed by atoms with Crippen LogP contribution in [0.4, 0.5) is 0 Å². The van der Waals surface area contributed by atoms with E-state index in [0.29, 0.717) is 18.1 Å². The lowest BCUT2D eigenvalue weighted by Crippen LogP contribution is -2.37. The number of aliphatic hydroxyl groups is 1. The summed E-state index contributed by atoms with van der Waals surface area (Å²) < 4.78 is 11.1. The fraction of sp³-hybridized carbons (Fsp3) is 0.364. The second kappa shape index (κ2) is 7.95. The first-order valence-corrected chi connectivity index (χ1v) is 10.2. The summed E-state index contributed by atoms with van der Waals surface area (Å²) in [7, 11) is 0. The van der Waals surface area contributed by atoms with Gasteiger partial charge in [0.15, 0.2) is 0 Å². The standard InChI is InChI=1S/C22H22ClNO5/c1-2-28-14-9-10-16(23)15(12-14)20(25)18-19(17-8-5-11-29-17)24(22(27)21(18)26)13-6-3-4-7-13/h5,8-13,19,25H,2-4,6-7H2,1H3/b20-18-. The molecular formula is C22H22ClNO5. The van der Waals surface area contributed by atoms with Crippen LogP contribution >= 0.6 is 11.6 Å². The van der Waals surface area contributed by atoms with Crippen LogP contribution < -0.4 is 4.74 Å². The lowest BCUT2D eigenvalue weighted by molar-refractivity contribution is -0.141. The minimum atomic E-state index is -0.778. The number of hydrogen-bond donors (Lipinski definition) is 1. The molecule has 1 aliphatic carbocycles. The Kier molecular flexibility index (Phi) is 5.37. The second-order valence-electron chi connectivity index (χ2n) is 7.23. The first-order valence-electron chi connectivity index (χ1n) is 9.79. The van der Waals surface area contributed by atoms with Gasteiger partial charge in [0.05, 0.1) is 23.5 Å². The zero-order valence-corrected chi connectivity index (χ0v) is 16.8. The molecule has 1 unspecified atom stereocenters. The zero-order chi connectivity index (χ0) is 20.5. The highest BCUT2D eigenvalue weighted by Gasteiger charge is 2.50. The number of nitrogens with zero attached hydrogens (tertiary/aromatic N) is 1. The predicted octanol–water partition coefficient (Wildman–Crippen LogP) is 4.70. The Balaban J connectivity index is 1.87. The van der Waals surface area contributed by atoms with Gasteiger partial charge in [-0.2, -0.15) is 0 Å². The van der Waals surface area contributed by atoms with Gasteiger partial charge in [-0.1, -0.05) is 24.4 Å². The van der Waals surface area contributed by atoms with E-state index in [0.717, 1.165) is 25.7 Å². The molecule has 2 aliphatic rings. The first kappa shape index (κ1) is 19.6. The second-order valence-corrected chi connectivity index (χ2v) is 7.64. The van der Waals surface area contributed by atoms with Crippen molar-refractivity contribution in [3.63, 3.8) is 0 Å². The molecule has 0 bridgehead atoms. The number of rotatable bonds is 5. The van der Waals surface area contributed by atoms with E-state index in [4.69, 9.17) is 20.8 Å². The van der Waals surface area contributed by atoms with E-state index in [9.17, 15) is 14.7 Å². The Morgan fingerprint density at radius 1 is 1.28 bits per heavy atom. The van der Waals surface area contributed by atoms with E-state index in [1.54, 1.807) is 35.2 Å². The molecule has 6 nitrogen and oxygen atoms in total. The van der Waals surface area contributed by atoms with E-state index in [1.807, 2.05) is 6.92 Å². The average Bonchev–Trinajstić information content (AvgIpc) is 3.45. The number of carbonyl (C=O) groups excluding carboxylic acids is 2. The lowest BCUT2D eigenvalue weighted by Gasteiger charge is -2.29. The molecule has 2 heterocycles. The Morgan fingerprint density at radius 2 is 2.03 bits per heavy atom.